The molecular weight excluding hydrogens is 591 g/mol. The van der Waals surface area contributed by atoms with Crippen molar-refractivity contribution in [3.8, 4) is 0 Å². The Morgan fingerprint density at radius 3 is 2.40 bits per heavy atom. The third-order valence-electron chi connectivity index (χ3n) is 6.64. The second-order valence-corrected chi connectivity index (χ2v) is 14.9. The van der Waals surface area contributed by atoms with E-state index in [0.717, 1.165) is 47.3 Å². The first kappa shape index (κ1) is 28.8. The fourth-order valence-electron chi connectivity index (χ4n) is 4.82. The van der Waals surface area contributed by atoms with Crippen molar-refractivity contribution in [2.75, 3.05) is 41.9 Å². The quantitative estimate of drug-likeness (QED) is 0.190. The molecule has 1 aliphatic heterocycles. The van der Waals surface area contributed by atoms with E-state index >= 15 is 0 Å². The summed E-state index contributed by atoms with van der Waals surface area (Å²) < 4.78 is 71.1. The Morgan fingerprint density at radius 2 is 1.68 bits per heavy atom. The number of thioether (sulfide) groups is 1. The number of thiazole rings is 1. The Hall–Kier alpha value is -2.68. The molecule has 0 saturated heterocycles. The van der Waals surface area contributed by atoms with E-state index in [2.05, 4.69) is 16.7 Å². The SMILES string of the molecule is CN(C)c1ccc2c(c1)S/C(=C\c1sc3ccc4ccccc4c3[n+]1CCCS(=O)(=O)[O-])N2CCCS(=O)(=O)[O-]. The maximum atomic E-state index is 11.4. The number of hydrogen-bond acceptors (Lipinski definition) is 10. The summed E-state index contributed by atoms with van der Waals surface area (Å²) in [6.45, 7) is 0.683. The van der Waals surface area contributed by atoms with Gasteiger partial charge in [-0.3, -0.25) is 0 Å². The first-order valence-corrected chi connectivity index (χ1v) is 17.4. The monoisotopic (exact) mass is 618 g/mol. The zero-order valence-electron chi connectivity index (χ0n) is 21.9. The smallest absolute Gasteiger partial charge is 0.265 e. The van der Waals surface area contributed by atoms with Crippen molar-refractivity contribution in [1.82, 2.24) is 0 Å². The van der Waals surface area contributed by atoms with Gasteiger partial charge in [-0.25, -0.2) is 16.8 Å². The van der Waals surface area contributed by atoms with Gasteiger partial charge in [0.2, 0.25) is 5.52 Å². The lowest BCUT2D eigenvalue weighted by Gasteiger charge is -2.21. The average molecular weight is 619 g/mol. The molecule has 4 aromatic rings. The third-order valence-corrected chi connectivity index (χ3v) is 10.4. The highest BCUT2D eigenvalue weighted by Crippen LogP contribution is 2.48. The largest absolute Gasteiger partial charge is 0.748 e. The molecule has 3 aromatic carbocycles. The summed E-state index contributed by atoms with van der Waals surface area (Å²) in [5.41, 5.74) is 2.93. The lowest BCUT2D eigenvalue weighted by atomic mass is 10.1. The average Bonchev–Trinajstić information content (AvgIpc) is 3.40. The van der Waals surface area contributed by atoms with Gasteiger partial charge in [0.1, 0.15) is 4.70 Å². The van der Waals surface area contributed by atoms with E-state index < -0.39 is 31.7 Å². The van der Waals surface area contributed by atoms with Gasteiger partial charge in [-0.05, 0) is 42.1 Å². The maximum absolute atomic E-state index is 11.4. The van der Waals surface area contributed by atoms with Gasteiger partial charge in [0, 0.05) is 49.1 Å². The topological polar surface area (TPSA) is 125 Å². The normalized spacial score (nSPS) is 14.9. The predicted octanol–water partition coefficient (Wildman–Crippen LogP) is 4.19. The van der Waals surface area contributed by atoms with Gasteiger partial charge in [0.25, 0.3) is 5.01 Å². The van der Waals surface area contributed by atoms with Crippen LogP contribution in [0.4, 0.5) is 11.4 Å². The Morgan fingerprint density at radius 1 is 0.950 bits per heavy atom. The molecule has 0 bridgehead atoms. The Bertz CT molecular complexity index is 1830. The molecule has 0 saturated carbocycles. The van der Waals surface area contributed by atoms with E-state index in [1.165, 1.54) is 0 Å². The van der Waals surface area contributed by atoms with Crippen LogP contribution in [0, 0.1) is 0 Å². The zero-order chi connectivity index (χ0) is 28.7. The summed E-state index contributed by atoms with van der Waals surface area (Å²) in [6.07, 6.45) is 2.38. The molecule has 0 fully saturated rings. The molecular formula is C27H28N3O6S4-. The molecule has 5 rings (SSSR count). The van der Waals surface area contributed by atoms with Gasteiger partial charge in [-0.2, -0.15) is 4.57 Å². The first-order chi connectivity index (χ1) is 18.9. The van der Waals surface area contributed by atoms with Gasteiger partial charge < -0.3 is 18.9 Å². The lowest BCUT2D eigenvalue weighted by Crippen LogP contribution is -2.36. The molecule has 212 valence electrons. The number of anilines is 2. The van der Waals surface area contributed by atoms with E-state index in [-0.39, 0.29) is 12.8 Å². The van der Waals surface area contributed by atoms with Crippen molar-refractivity contribution in [3.63, 3.8) is 0 Å². The maximum Gasteiger partial charge on any atom is 0.265 e. The van der Waals surface area contributed by atoms with Crippen molar-refractivity contribution >= 4 is 81.8 Å². The van der Waals surface area contributed by atoms with Gasteiger partial charge in [-0.15, -0.1) is 0 Å². The fourth-order valence-corrected chi connectivity index (χ4v) is 8.16. The van der Waals surface area contributed by atoms with Crippen LogP contribution in [0.1, 0.15) is 17.8 Å². The summed E-state index contributed by atoms with van der Waals surface area (Å²) in [6, 6.07) is 18.1. The molecule has 0 radical (unpaired) electrons. The van der Waals surface area contributed by atoms with Crippen molar-refractivity contribution in [1.29, 1.82) is 0 Å². The highest BCUT2D eigenvalue weighted by atomic mass is 32.2. The highest BCUT2D eigenvalue weighted by molar-refractivity contribution is 8.04. The van der Waals surface area contributed by atoms with Gasteiger partial charge >= 0.3 is 0 Å². The predicted molar refractivity (Wildman–Crippen MR) is 160 cm³/mol. The summed E-state index contributed by atoms with van der Waals surface area (Å²) in [7, 11) is -4.77. The van der Waals surface area contributed by atoms with Crippen LogP contribution in [0.25, 0.3) is 27.1 Å². The molecule has 0 aliphatic carbocycles. The van der Waals surface area contributed by atoms with Gasteiger partial charge in [0.05, 0.1) is 42.4 Å². The first-order valence-electron chi connectivity index (χ1n) is 12.6. The Kier molecular flexibility index (Phi) is 8.15. The molecule has 0 N–H and O–H groups in total. The van der Waals surface area contributed by atoms with Crippen molar-refractivity contribution in [2.45, 2.75) is 24.3 Å². The molecule has 1 aliphatic rings. The molecule has 0 amide bonds. The second-order valence-electron chi connectivity index (χ2n) is 9.74. The summed E-state index contributed by atoms with van der Waals surface area (Å²) in [5, 5.41) is 3.83. The van der Waals surface area contributed by atoms with Crippen molar-refractivity contribution < 1.29 is 30.5 Å². The number of hydrogen-bond donors (Lipinski definition) is 0. The number of rotatable bonds is 10. The van der Waals surface area contributed by atoms with E-state index in [9.17, 15) is 25.9 Å². The van der Waals surface area contributed by atoms with Gasteiger partial charge in [-0.1, -0.05) is 47.4 Å². The van der Waals surface area contributed by atoms with Crippen LogP contribution in [0.15, 0.2) is 64.5 Å². The minimum atomic E-state index is -4.35. The van der Waals surface area contributed by atoms with Crippen LogP contribution in [0.2, 0.25) is 0 Å². The number of aromatic nitrogens is 1. The Labute approximate surface area is 242 Å². The molecule has 9 nitrogen and oxygen atoms in total. The number of fused-ring (bicyclic) bond motifs is 4. The Balaban J connectivity index is 1.61. The van der Waals surface area contributed by atoms with Crippen molar-refractivity contribution in [3.05, 3.63) is 64.6 Å². The molecule has 13 heteroatoms. The van der Waals surface area contributed by atoms with Gasteiger partial charge in [0.15, 0.2) is 6.54 Å². The lowest BCUT2D eigenvalue weighted by molar-refractivity contribution is -0.667. The molecule has 1 aromatic heterocycles. The van der Waals surface area contributed by atoms with Crippen LogP contribution in [0.5, 0.6) is 0 Å². The van der Waals surface area contributed by atoms with Crippen LogP contribution < -0.4 is 14.4 Å². The summed E-state index contributed by atoms with van der Waals surface area (Å²) in [5.74, 6) is -0.910. The summed E-state index contributed by atoms with van der Waals surface area (Å²) >= 11 is 3.12. The van der Waals surface area contributed by atoms with E-state index in [0.29, 0.717) is 13.1 Å². The second kappa shape index (κ2) is 11.3. The van der Waals surface area contributed by atoms with Crippen LogP contribution in [-0.4, -0.2) is 58.1 Å². The molecule has 0 spiro atoms. The number of aryl methyl sites for hydroxylation is 1. The minimum absolute atomic E-state index is 0.173. The number of benzene rings is 3. The fraction of sp³-hybridized carbons (Fsp3) is 0.296. The molecule has 40 heavy (non-hydrogen) atoms. The third kappa shape index (κ3) is 6.45. The van der Waals surface area contributed by atoms with E-state index in [1.807, 2.05) is 72.4 Å². The van der Waals surface area contributed by atoms with Crippen LogP contribution in [0.3, 0.4) is 0 Å². The molecule has 2 heterocycles. The van der Waals surface area contributed by atoms with E-state index in [1.54, 1.807) is 23.1 Å². The zero-order valence-corrected chi connectivity index (χ0v) is 25.2. The highest BCUT2D eigenvalue weighted by Gasteiger charge is 2.29. The van der Waals surface area contributed by atoms with Crippen molar-refractivity contribution in [2.24, 2.45) is 0 Å². The van der Waals surface area contributed by atoms with E-state index in [4.69, 9.17) is 0 Å². The molecule has 0 atom stereocenters. The number of nitrogens with zero attached hydrogens (tertiary/aromatic N) is 3. The summed E-state index contributed by atoms with van der Waals surface area (Å²) in [4.78, 5) is 5.05. The van der Waals surface area contributed by atoms with Crippen LogP contribution >= 0.6 is 23.1 Å². The minimum Gasteiger partial charge on any atom is -0.748 e. The standard InChI is InChI=1S/C27H29N3O6S4/c1-28(2)20-10-11-22-24(17-20)38-25(29(22)13-5-15-39(31,32)33)18-26-30(14-6-16-40(34,35)36)27-21-8-4-3-7-19(21)9-12-23(27)37-26/h3-4,7-12,17-18H,5-6,13-16H2,1-2H3,(H-,31,32,33,34,35,36)/p-1. The molecule has 0 unspecified atom stereocenters. The van der Waals surface area contributed by atoms with Crippen LogP contribution in [-0.2, 0) is 26.8 Å².